The highest BCUT2D eigenvalue weighted by Gasteiger charge is 2.18. The molecule has 0 amide bonds. The summed E-state index contributed by atoms with van der Waals surface area (Å²) in [6.45, 7) is 3.55. The Morgan fingerprint density at radius 1 is 1.67 bits per heavy atom. The zero-order chi connectivity index (χ0) is 7.44. The van der Waals surface area contributed by atoms with Crippen molar-refractivity contribution in [2.75, 3.05) is 0 Å². The van der Waals surface area contributed by atoms with Crippen LogP contribution in [0.1, 0.15) is 20.3 Å². The lowest BCUT2D eigenvalue weighted by atomic mass is 10.0. The molecule has 0 aromatic heterocycles. The van der Waals surface area contributed by atoms with E-state index in [4.69, 9.17) is 10.2 Å². The van der Waals surface area contributed by atoms with Gasteiger partial charge in [-0.2, -0.15) is 0 Å². The molecule has 0 rings (SSSR count). The van der Waals surface area contributed by atoms with Crippen LogP contribution >= 0.6 is 0 Å². The zero-order valence-corrected chi connectivity index (χ0v) is 5.66. The molecular formula is C6H12O3. The highest BCUT2D eigenvalue weighted by atomic mass is 16.4. The average Bonchev–Trinajstić information content (AvgIpc) is 1.84. The monoisotopic (exact) mass is 132 g/mol. The molecule has 0 aliphatic carbocycles. The van der Waals surface area contributed by atoms with Crippen LogP contribution in [0.4, 0.5) is 0 Å². The number of aliphatic hydroxyl groups is 1. The van der Waals surface area contributed by atoms with Crippen LogP contribution in [0.15, 0.2) is 0 Å². The molecule has 3 nitrogen and oxygen atoms in total. The van der Waals surface area contributed by atoms with Gasteiger partial charge in [0.15, 0.2) is 6.10 Å². The number of hydrogen-bond donors (Lipinski definition) is 2. The van der Waals surface area contributed by atoms with Gasteiger partial charge in [0.2, 0.25) is 0 Å². The normalized spacial score (nSPS) is 16.8. The maximum absolute atomic E-state index is 10.0. The fourth-order valence-corrected chi connectivity index (χ4v) is 0.467. The van der Waals surface area contributed by atoms with E-state index in [0.29, 0.717) is 6.42 Å². The topological polar surface area (TPSA) is 57.5 Å². The molecule has 0 aliphatic heterocycles. The Bertz CT molecular complexity index is 100. The molecule has 0 spiro atoms. The molecule has 0 aliphatic rings. The fourth-order valence-electron chi connectivity index (χ4n) is 0.467. The van der Waals surface area contributed by atoms with E-state index in [-0.39, 0.29) is 5.92 Å². The second-order valence-corrected chi connectivity index (χ2v) is 2.17. The third-order valence-electron chi connectivity index (χ3n) is 1.44. The second kappa shape index (κ2) is 3.45. The van der Waals surface area contributed by atoms with Gasteiger partial charge >= 0.3 is 5.97 Å². The minimum absolute atomic E-state index is 0.150. The minimum atomic E-state index is -1.20. The minimum Gasteiger partial charge on any atom is -0.479 e. The van der Waals surface area contributed by atoms with Gasteiger partial charge in [-0.1, -0.05) is 20.3 Å². The molecule has 0 heterocycles. The van der Waals surface area contributed by atoms with E-state index in [1.54, 1.807) is 6.92 Å². The van der Waals surface area contributed by atoms with E-state index < -0.39 is 12.1 Å². The number of carboxylic acids is 1. The molecule has 0 radical (unpaired) electrons. The van der Waals surface area contributed by atoms with E-state index in [1.165, 1.54) is 0 Å². The first kappa shape index (κ1) is 8.43. The van der Waals surface area contributed by atoms with E-state index in [9.17, 15) is 4.79 Å². The first-order chi connectivity index (χ1) is 4.09. The van der Waals surface area contributed by atoms with Crippen molar-refractivity contribution >= 4 is 5.97 Å². The summed E-state index contributed by atoms with van der Waals surface area (Å²) in [5, 5.41) is 17.0. The van der Waals surface area contributed by atoms with Gasteiger partial charge in [-0.15, -0.1) is 0 Å². The van der Waals surface area contributed by atoms with Crippen LogP contribution in [0.25, 0.3) is 0 Å². The molecule has 2 N–H and O–H groups in total. The number of aliphatic hydroxyl groups excluding tert-OH is 1. The molecular weight excluding hydrogens is 120 g/mol. The number of rotatable bonds is 3. The summed E-state index contributed by atoms with van der Waals surface area (Å²) in [5.41, 5.74) is 0. The van der Waals surface area contributed by atoms with Crippen LogP contribution in [0.3, 0.4) is 0 Å². The highest BCUT2D eigenvalue weighted by molar-refractivity contribution is 5.72. The van der Waals surface area contributed by atoms with Crippen molar-refractivity contribution < 1.29 is 15.0 Å². The van der Waals surface area contributed by atoms with Crippen molar-refractivity contribution in [2.45, 2.75) is 26.4 Å². The maximum Gasteiger partial charge on any atom is 0.332 e. The highest BCUT2D eigenvalue weighted by Crippen LogP contribution is 2.06. The summed E-state index contributed by atoms with van der Waals surface area (Å²) in [7, 11) is 0. The lowest BCUT2D eigenvalue weighted by molar-refractivity contribution is -0.149. The van der Waals surface area contributed by atoms with E-state index in [0.717, 1.165) is 0 Å². The number of aliphatic carboxylic acids is 1. The van der Waals surface area contributed by atoms with Gasteiger partial charge in [0.1, 0.15) is 0 Å². The number of carboxylic acid groups (broad SMARTS) is 1. The third-order valence-corrected chi connectivity index (χ3v) is 1.44. The smallest absolute Gasteiger partial charge is 0.332 e. The van der Waals surface area contributed by atoms with E-state index in [2.05, 4.69) is 0 Å². The predicted octanol–water partition coefficient (Wildman–Crippen LogP) is 0.478. The molecule has 54 valence electrons. The molecule has 0 aromatic rings. The van der Waals surface area contributed by atoms with Crippen molar-refractivity contribution in [1.82, 2.24) is 0 Å². The van der Waals surface area contributed by atoms with Crippen LogP contribution < -0.4 is 0 Å². The van der Waals surface area contributed by atoms with Crippen molar-refractivity contribution in [3.05, 3.63) is 0 Å². The van der Waals surface area contributed by atoms with E-state index in [1.807, 2.05) is 6.92 Å². The van der Waals surface area contributed by atoms with Gasteiger partial charge in [-0.05, 0) is 5.92 Å². The summed E-state index contributed by atoms with van der Waals surface area (Å²) in [6.07, 6.45) is -0.511. The molecule has 0 fully saturated rings. The van der Waals surface area contributed by atoms with Crippen LogP contribution in [0.5, 0.6) is 0 Å². The van der Waals surface area contributed by atoms with Crippen molar-refractivity contribution in [3.63, 3.8) is 0 Å². The van der Waals surface area contributed by atoms with Crippen LogP contribution in [0.2, 0.25) is 0 Å². The maximum atomic E-state index is 10.0. The number of hydrogen-bond acceptors (Lipinski definition) is 2. The molecule has 0 unspecified atom stereocenters. The molecule has 0 saturated heterocycles. The lowest BCUT2D eigenvalue weighted by Crippen LogP contribution is -2.26. The van der Waals surface area contributed by atoms with Gasteiger partial charge < -0.3 is 10.2 Å². The first-order valence-electron chi connectivity index (χ1n) is 3.00. The molecule has 9 heavy (non-hydrogen) atoms. The quantitative estimate of drug-likeness (QED) is 0.587. The standard InChI is InChI=1S/C6H12O3/c1-3-4(2)5(7)6(8)9/h4-5,7H,3H2,1-2H3,(H,8,9)/t4-,5+/m0/s1. The first-order valence-corrected chi connectivity index (χ1v) is 3.00. The Hall–Kier alpha value is -0.570. The molecule has 0 bridgehead atoms. The summed E-state index contributed by atoms with van der Waals surface area (Å²) < 4.78 is 0. The molecule has 0 saturated carbocycles. The summed E-state index contributed by atoms with van der Waals surface area (Å²) in [4.78, 5) is 10.0. The Labute approximate surface area is 54.3 Å². The Kier molecular flexibility index (Phi) is 3.24. The largest absolute Gasteiger partial charge is 0.479 e. The Morgan fingerprint density at radius 3 is 2.22 bits per heavy atom. The van der Waals surface area contributed by atoms with Gasteiger partial charge in [0.05, 0.1) is 0 Å². The van der Waals surface area contributed by atoms with Crippen molar-refractivity contribution in [1.29, 1.82) is 0 Å². The Morgan fingerprint density at radius 2 is 2.11 bits per heavy atom. The van der Waals surface area contributed by atoms with Crippen LogP contribution in [0, 0.1) is 5.92 Å². The van der Waals surface area contributed by atoms with E-state index >= 15 is 0 Å². The molecule has 0 aromatic carbocycles. The average molecular weight is 132 g/mol. The van der Waals surface area contributed by atoms with Gasteiger partial charge in [0, 0.05) is 0 Å². The van der Waals surface area contributed by atoms with Crippen LogP contribution in [-0.4, -0.2) is 22.3 Å². The lowest BCUT2D eigenvalue weighted by Gasteiger charge is -2.10. The molecule has 2 atom stereocenters. The number of carbonyl (C=O) groups is 1. The predicted molar refractivity (Wildman–Crippen MR) is 33.1 cm³/mol. The van der Waals surface area contributed by atoms with Crippen LogP contribution in [-0.2, 0) is 4.79 Å². The Balaban J connectivity index is 3.72. The SMILES string of the molecule is CC[C@H](C)[C@@H](O)C(=O)O. The summed E-state index contributed by atoms with van der Waals surface area (Å²) >= 11 is 0. The summed E-state index contributed by atoms with van der Waals surface area (Å²) in [5.74, 6) is -1.29. The van der Waals surface area contributed by atoms with Gasteiger partial charge in [0.25, 0.3) is 0 Å². The second-order valence-electron chi connectivity index (χ2n) is 2.17. The van der Waals surface area contributed by atoms with Crippen molar-refractivity contribution in [2.24, 2.45) is 5.92 Å². The third kappa shape index (κ3) is 2.46. The van der Waals surface area contributed by atoms with Gasteiger partial charge in [-0.3, -0.25) is 0 Å². The fraction of sp³-hybridized carbons (Fsp3) is 0.833. The molecule has 3 heteroatoms. The zero-order valence-electron chi connectivity index (χ0n) is 5.66. The van der Waals surface area contributed by atoms with Crippen molar-refractivity contribution in [3.8, 4) is 0 Å². The summed E-state index contributed by atoms with van der Waals surface area (Å²) in [6, 6.07) is 0. The van der Waals surface area contributed by atoms with Gasteiger partial charge in [-0.25, -0.2) is 4.79 Å².